The van der Waals surface area contributed by atoms with Gasteiger partial charge in [0.15, 0.2) is 11.5 Å². The molecule has 4 heterocycles. The van der Waals surface area contributed by atoms with E-state index in [0.29, 0.717) is 22.4 Å². The number of nitrogens with zero attached hydrogens (tertiary/aromatic N) is 7. The van der Waals surface area contributed by atoms with Gasteiger partial charge in [0, 0.05) is 50.0 Å². The first-order valence-corrected chi connectivity index (χ1v) is 10.1. The third-order valence-electron chi connectivity index (χ3n) is 5.25. The topological polar surface area (TPSA) is 103 Å². The van der Waals surface area contributed by atoms with Crippen LogP contribution in [-0.4, -0.2) is 62.3 Å². The maximum atomic E-state index is 13.6. The average molecular weight is 489 g/mol. The number of aromatic nitrogens is 5. The molecule has 0 fully saturated rings. The highest BCUT2D eigenvalue weighted by Gasteiger charge is 2.43. The fraction of sp³-hybridized carbons (Fsp3) is 0.227. The van der Waals surface area contributed by atoms with Crippen molar-refractivity contribution in [2.45, 2.75) is 18.8 Å². The number of methoxy groups -OCH3 is 1. The Labute approximate surface area is 196 Å². The van der Waals surface area contributed by atoms with E-state index in [2.05, 4.69) is 31.8 Å². The molecule has 1 unspecified atom stereocenters. The average Bonchev–Trinajstić information content (AvgIpc) is 3.40. The van der Waals surface area contributed by atoms with Crippen LogP contribution in [0.25, 0.3) is 22.3 Å². The molecule has 0 radical (unpaired) electrons. The molecule has 9 nitrogen and oxygen atoms in total. The van der Waals surface area contributed by atoms with Crippen molar-refractivity contribution in [3.63, 3.8) is 0 Å². The first kappa shape index (κ1) is 24.0. The second-order valence-electron chi connectivity index (χ2n) is 7.35. The van der Waals surface area contributed by atoms with E-state index in [1.807, 2.05) is 0 Å². The number of ether oxygens (including phenoxy) is 1. The van der Waals surface area contributed by atoms with Crippen LogP contribution in [0.15, 0.2) is 52.9 Å². The molecule has 0 aliphatic heterocycles. The number of hydrogen-bond acceptors (Lipinski definition) is 7. The number of alkyl halides is 3. The lowest BCUT2D eigenvalue weighted by Gasteiger charge is -2.16. The molecule has 0 saturated heterocycles. The summed E-state index contributed by atoms with van der Waals surface area (Å²) in [6.07, 6.45) is -3.62. The van der Waals surface area contributed by atoms with Gasteiger partial charge in [-0.05, 0) is 29.8 Å². The molecular formula is C22H19F4N7O2. The van der Waals surface area contributed by atoms with Gasteiger partial charge in [0.2, 0.25) is 17.9 Å². The Kier molecular flexibility index (Phi) is 6.35. The van der Waals surface area contributed by atoms with Gasteiger partial charge >= 0.3 is 6.18 Å². The van der Waals surface area contributed by atoms with E-state index in [4.69, 9.17) is 4.74 Å². The quantitative estimate of drug-likeness (QED) is 0.193. The molecule has 1 atom stereocenters. The predicted molar refractivity (Wildman–Crippen MR) is 120 cm³/mol. The smallest absolute Gasteiger partial charge is 0.421 e. The zero-order valence-electron chi connectivity index (χ0n) is 18.5. The van der Waals surface area contributed by atoms with E-state index >= 15 is 0 Å². The SMILES string of the molecule is C=Nn1ccc(-c2cnc3nc(C(O)C(F)(F)F)n(Cc4ccnc(F)c4)c3c2)c1/C(=N\C)OC. The van der Waals surface area contributed by atoms with Crippen molar-refractivity contribution in [1.82, 2.24) is 24.2 Å². The minimum Gasteiger partial charge on any atom is -0.480 e. The number of aliphatic hydroxyl groups excluding tert-OH is 1. The fourth-order valence-corrected chi connectivity index (χ4v) is 3.69. The second kappa shape index (κ2) is 9.25. The van der Waals surface area contributed by atoms with Crippen molar-refractivity contribution >= 4 is 23.8 Å². The highest BCUT2D eigenvalue weighted by atomic mass is 19.4. The van der Waals surface area contributed by atoms with Crippen LogP contribution in [0.2, 0.25) is 0 Å². The first-order valence-electron chi connectivity index (χ1n) is 10.1. The van der Waals surface area contributed by atoms with Gasteiger partial charge < -0.3 is 14.4 Å². The Morgan fingerprint density at radius 2 is 2.03 bits per heavy atom. The minimum absolute atomic E-state index is 0.0273. The summed E-state index contributed by atoms with van der Waals surface area (Å²) in [5.41, 5.74) is 1.98. The molecule has 1 N–H and O–H groups in total. The third kappa shape index (κ3) is 4.49. The van der Waals surface area contributed by atoms with Gasteiger partial charge in [-0.25, -0.2) is 19.6 Å². The molecule has 35 heavy (non-hydrogen) atoms. The molecule has 0 amide bonds. The Morgan fingerprint density at radius 3 is 2.66 bits per heavy atom. The van der Waals surface area contributed by atoms with Crippen LogP contribution in [0, 0.1) is 5.95 Å². The van der Waals surface area contributed by atoms with E-state index in [9.17, 15) is 22.7 Å². The Hall–Kier alpha value is -4.13. The van der Waals surface area contributed by atoms with Gasteiger partial charge in [0.1, 0.15) is 5.69 Å². The summed E-state index contributed by atoms with van der Waals surface area (Å²) in [5, 5.41) is 13.9. The lowest BCUT2D eigenvalue weighted by molar-refractivity contribution is -0.209. The van der Waals surface area contributed by atoms with E-state index in [1.54, 1.807) is 18.3 Å². The van der Waals surface area contributed by atoms with Crippen LogP contribution in [-0.2, 0) is 11.3 Å². The number of aliphatic hydroxyl groups is 1. The van der Waals surface area contributed by atoms with Crippen LogP contribution in [0.5, 0.6) is 0 Å². The summed E-state index contributed by atoms with van der Waals surface area (Å²) in [6, 6.07) is 5.80. The number of fused-ring (bicyclic) bond motifs is 1. The lowest BCUT2D eigenvalue weighted by Crippen LogP contribution is -2.24. The molecule has 0 bridgehead atoms. The minimum atomic E-state index is -4.98. The third-order valence-corrected chi connectivity index (χ3v) is 5.25. The summed E-state index contributed by atoms with van der Waals surface area (Å²) >= 11 is 0. The van der Waals surface area contributed by atoms with Gasteiger partial charge in [0.05, 0.1) is 12.6 Å². The summed E-state index contributed by atoms with van der Waals surface area (Å²) in [6.45, 7) is 3.30. The van der Waals surface area contributed by atoms with E-state index in [1.165, 1.54) is 37.3 Å². The van der Waals surface area contributed by atoms with E-state index in [0.717, 1.165) is 10.6 Å². The molecule has 13 heteroatoms. The van der Waals surface area contributed by atoms with E-state index in [-0.39, 0.29) is 23.6 Å². The summed E-state index contributed by atoms with van der Waals surface area (Å²) in [4.78, 5) is 15.7. The lowest BCUT2D eigenvalue weighted by atomic mass is 10.1. The van der Waals surface area contributed by atoms with Crippen LogP contribution in [0.4, 0.5) is 17.6 Å². The highest BCUT2D eigenvalue weighted by Crippen LogP contribution is 2.35. The molecule has 4 aromatic rings. The number of halogens is 4. The van der Waals surface area contributed by atoms with Gasteiger partial charge in [-0.2, -0.15) is 22.7 Å². The van der Waals surface area contributed by atoms with Gasteiger partial charge in [-0.15, -0.1) is 0 Å². The molecule has 0 saturated carbocycles. The molecule has 0 aromatic carbocycles. The number of rotatable bonds is 6. The van der Waals surface area contributed by atoms with Crippen molar-refractivity contribution in [3.05, 3.63) is 65.9 Å². The first-order chi connectivity index (χ1) is 16.7. The van der Waals surface area contributed by atoms with Crippen LogP contribution >= 0.6 is 0 Å². The molecule has 182 valence electrons. The van der Waals surface area contributed by atoms with Gasteiger partial charge in [-0.3, -0.25) is 4.99 Å². The van der Waals surface area contributed by atoms with Crippen LogP contribution in [0.3, 0.4) is 0 Å². The van der Waals surface area contributed by atoms with E-state index < -0.39 is 24.1 Å². The fourth-order valence-electron chi connectivity index (χ4n) is 3.69. The molecule has 0 aliphatic rings. The monoisotopic (exact) mass is 489 g/mol. The zero-order valence-corrected chi connectivity index (χ0v) is 18.5. The number of hydrogen-bond donors (Lipinski definition) is 1. The maximum Gasteiger partial charge on any atom is 0.421 e. The number of imidazole rings is 1. The number of pyridine rings is 2. The Bertz CT molecular complexity index is 1430. The molecule has 4 rings (SSSR count). The molecule has 4 aromatic heterocycles. The normalized spacial score (nSPS) is 13.3. The van der Waals surface area contributed by atoms with Crippen LogP contribution in [0.1, 0.15) is 23.2 Å². The summed E-state index contributed by atoms with van der Waals surface area (Å²) in [5.74, 6) is -1.23. The number of aliphatic imine (C=N–C) groups is 1. The standard InChI is InChI=1S/C22H19F4N7O2/c1-27-21(35-3)17-14(5-7-33(17)28-2)13-9-15-19(30-10-13)31-20(18(34)22(24,25)26)32(15)11-12-4-6-29-16(23)8-12/h4-10,18,34H,2,11H2,1,3H3/b27-21+. The van der Waals surface area contributed by atoms with Gasteiger partial charge in [-0.1, -0.05) is 0 Å². The highest BCUT2D eigenvalue weighted by molar-refractivity contribution is 6.00. The van der Waals surface area contributed by atoms with Gasteiger partial charge in [0.25, 0.3) is 0 Å². The van der Waals surface area contributed by atoms with Crippen molar-refractivity contribution in [2.24, 2.45) is 10.1 Å². The van der Waals surface area contributed by atoms with Crippen molar-refractivity contribution in [2.75, 3.05) is 14.2 Å². The second-order valence-corrected chi connectivity index (χ2v) is 7.35. The van der Waals surface area contributed by atoms with Crippen molar-refractivity contribution in [1.29, 1.82) is 0 Å². The Morgan fingerprint density at radius 1 is 1.26 bits per heavy atom. The van der Waals surface area contributed by atoms with Crippen LogP contribution < -0.4 is 0 Å². The largest absolute Gasteiger partial charge is 0.480 e. The van der Waals surface area contributed by atoms with Crippen molar-refractivity contribution < 1.29 is 27.4 Å². The maximum absolute atomic E-state index is 13.6. The predicted octanol–water partition coefficient (Wildman–Crippen LogP) is 3.56. The molecule has 0 spiro atoms. The summed E-state index contributed by atoms with van der Waals surface area (Å²) in [7, 11) is 2.96. The van der Waals surface area contributed by atoms with Crippen molar-refractivity contribution in [3.8, 4) is 11.1 Å². The molecule has 0 aliphatic carbocycles. The summed E-state index contributed by atoms with van der Waals surface area (Å²) < 4.78 is 61.8. The molecular weight excluding hydrogens is 470 g/mol. The Balaban J connectivity index is 1.94. The zero-order chi connectivity index (χ0) is 25.3.